The van der Waals surface area contributed by atoms with Crippen LogP contribution in [0.5, 0.6) is 0 Å². The number of aromatic amines is 1. The zero-order valence-corrected chi connectivity index (χ0v) is 9.77. The van der Waals surface area contributed by atoms with Gasteiger partial charge in [0.1, 0.15) is 11.6 Å². The Hall–Kier alpha value is -2.18. The van der Waals surface area contributed by atoms with Gasteiger partial charge >= 0.3 is 0 Å². The zero-order chi connectivity index (χ0) is 12.3. The number of aryl methyl sites for hydroxylation is 2. The van der Waals surface area contributed by atoms with Crippen LogP contribution < -0.4 is 5.32 Å². The molecule has 0 atom stereocenters. The van der Waals surface area contributed by atoms with E-state index >= 15 is 0 Å². The van der Waals surface area contributed by atoms with E-state index in [0.717, 1.165) is 12.2 Å². The van der Waals surface area contributed by atoms with E-state index in [1.165, 1.54) is 0 Å². The maximum atomic E-state index is 11.7. The van der Waals surface area contributed by atoms with Crippen molar-refractivity contribution in [1.82, 2.24) is 30.0 Å². The van der Waals surface area contributed by atoms with Gasteiger partial charge in [-0.25, -0.2) is 9.97 Å². The summed E-state index contributed by atoms with van der Waals surface area (Å²) in [6.07, 6.45) is 4.23. The maximum Gasteiger partial charge on any atom is 0.291 e. The molecule has 0 saturated heterocycles. The van der Waals surface area contributed by atoms with E-state index in [1.807, 2.05) is 24.7 Å². The van der Waals surface area contributed by atoms with Crippen molar-refractivity contribution in [1.29, 1.82) is 0 Å². The molecule has 0 aliphatic heterocycles. The summed E-state index contributed by atoms with van der Waals surface area (Å²) in [6.45, 7) is 2.30. The molecule has 0 fully saturated rings. The molecule has 0 aliphatic rings. The van der Waals surface area contributed by atoms with Crippen molar-refractivity contribution in [2.75, 3.05) is 0 Å². The first-order valence-electron chi connectivity index (χ1n) is 5.36. The highest BCUT2D eigenvalue weighted by Crippen LogP contribution is 1.96. The van der Waals surface area contributed by atoms with Gasteiger partial charge in [-0.1, -0.05) is 6.92 Å². The molecular formula is C10H14N6O. The second-order valence-corrected chi connectivity index (χ2v) is 3.60. The third kappa shape index (κ3) is 2.49. The molecule has 0 spiro atoms. The fraction of sp³-hybridized carbons (Fsp3) is 0.400. The van der Waals surface area contributed by atoms with Crippen LogP contribution in [-0.2, 0) is 20.0 Å². The summed E-state index contributed by atoms with van der Waals surface area (Å²) < 4.78 is 1.84. The van der Waals surface area contributed by atoms with Crippen molar-refractivity contribution in [2.45, 2.75) is 19.9 Å². The van der Waals surface area contributed by atoms with Crippen LogP contribution in [-0.4, -0.2) is 30.6 Å². The number of carbonyl (C=O) groups excluding carboxylic acids is 1. The first kappa shape index (κ1) is 11.3. The lowest BCUT2D eigenvalue weighted by Crippen LogP contribution is -2.25. The predicted octanol–water partition coefficient (Wildman–Crippen LogP) is 0.0306. The molecule has 0 aromatic carbocycles. The summed E-state index contributed by atoms with van der Waals surface area (Å²) in [4.78, 5) is 19.8. The summed E-state index contributed by atoms with van der Waals surface area (Å²) in [5.41, 5.74) is 0. The van der Waals surface area contributed by atoms with Crippen LogP contribution in [0.15, 0.2) is 12.4 Å². The van der Waals surface area contributed by atoms with Gasteiger partial charge in [0.25, 0.3) is 5.91 Å². The topological polar surface area (TPSA) is 88.5 Å². The molecule has 0 saturated carbocycles. The second-order valence-electron chi connectivity index (χ2n) is 3.60. The lowest BCUT2D eigenvalue weighted by atomic mass is 10.4. The van der Waals surface area contributed by atoms with Crippen molar-refractivity contribution in [3.63, 3.8) is 0 Å². The van der Waals surface area contributed by atoms with Crippen molar-refractivity contribution in [3.05, 3.63) is 29.9 Å². The highest BCUT2D eigenvalue weighted by Gasteiger charge is 2.12. The number of aromatic nitrogens is 5. The Kier molecular flexibility index (Phi) is 3.17. The van der Waals surface area contributed by atoms with Gasteiger partial charge in [0.2, 0.25) is 5.82 Å². The van der Waals surface area contributed by atoms with Gasteiger partial charge < -0.3 is 9.88 Å². The number of H-pyrrole nitrogens is 1. The number of nitrogens with zero attached hydrogens (tertiary/aromatic N) is 4. The largest absolute Gasteiger partial charge is 0.342 e. The lowest BCUT2D eigenvalue weighted by molar-refractivity contribution is 0.0939. The fourth-order valence-corrected chi connectivity index (χ4v) is 1.36. The zero-order valence-electron chi connectivity index (χ0n) is 9.77. The lowest BCUT2D eigenvalue weighted by Gasteiger charge is -2.02. The fourth-order valence-electron chi connectivity index (χ4n) is 1.36. The molecule has 17 heavy (non-hydrogen) atoms. The highest BCUT2D eigenvalue weighted by molar-refractivity contribution is 5.90. The van der Waals surface area contributed by atoms with Crippen LogP contribution >= 0.6 is 0 Å². The smallest absolute Gasteiger partial charge is 0.291 e. The van der Waals surface area contributed by atoms with Crippen LogP contribution in [0, 0.1) is 0 Å². The molecule has 90 valence electrons. The molecule has 2 heterocycles. The molecule has 0 radical (unpaired) electrons. The monoisotopic (exact) mass is 234 g/mol. The van der Waals surface area contributed by atoms with E-state index < -0.39 is 0 Å². The van der Waals surface area contributed by atoms with Gasteiger partial charge in [-0.3, -0.25) is 9.89 Å². The Morgan fingerprint density at radius 1 is 1.59 bits per heavy atom. The Balaban J connectivity index is 1.95. The quantitative estimate of drug-likeness (QED) is 0.781. The van der Waals surface area contributed by atoms with Gasteiger partial charge in [-0.15, -0.1) is 5.10 Å². The van der Waals surface area contributed by atoms with Gasteiger partial charge in [-0.05, 0) is 0 Å². The highest BCUT2D eigenvalue weighted by atomic mass is 16.2. The number of hydrogen-bond donors (Lipinski definition) is 2. The van der Waals surface area contributed by atoms with Gasteiger partial charge in [0, 0.05) is 25.9 Å². The third-order valence-corrected chi connectivity index (χ3v) is 2.40. The molecule has 2 N–H and O–H groups in total. The molecule has 1 amide bonds. The summed E-state index contributed by atoms with van der Waals surface area (Å²) in [6, 6.07) is 0. The summed E-state index contributed by atoms with van der Waals surface area (Å²) in [7, 11) is 1.87. The Morgan fingerprint density at radius 3 is 3.00 bits per heavy atom. The van der Waals surface area contributed by atoms with E-state index in [1.54, 1.807) is 6.20 Å². The minimum absolute atomic E-state index is 0.163. The minimum atomic E-state index is -0.302. The van der Waals surface area contributed by atoms with Crippen LogP contribution in [0.25, 0.3) is 0 Å². The Bertz CT molecular complexity index is 514. The molecule has 0 aliphatic carbocycles. The number of amides is 1. The van der Waals surface area contributed by atoms with E-state index in [9.17, 15) is 4.79 Å². The standard InChI is InChI=1S/C10H14N6O/c1-3-7-13-9(15-14-7)10(17)12-6-8-11-4-5-16(8)2/h4-5H,3,6H2,1-2H3,(H,12,17)(H,13,14,15). The van der Waals surface area contributed by atoms with E-state index in [2.05, 4.69) is 25.5 Å². The summed E-state index contributed by atoms with van der Waals surface area (Å²) in [5.74, 6) is 1.34. The van der Waals surface area contributed by atoms with Crippen molar-refractivity contribution in [2.24, 2.45) is 7.05 Å². The number of hydrogen-bond acceptors (Lipinski definition) is 4. The molecule has 0 bridgehead atoms. The molecular weight excluding hydrogens is 220 g/mol. The molecule has 2 rings (SSSR count). The molecule has 0 unspecified atom stereocenters. The molecule has 7 heteroatoms. The molecule has 2 aromatic rings. The normalized spacial score (nSPS) is 10.5. The first-order chi connectivity index (χ1) is 8.20. The Morgan fingerprint density at radius 2 is 2.41 bits per heavy atom. The van der Waals surface area contributed by atoms with Gasteiger partial charge in [0.05, 0.1) is 6.54 Å². The molecule has 2 aromatic heterocycles. The van der Waals surface area contributed by atoms with E-state index in [4.69, 9.17) is 0 Å². The van der Waals surface area contributed by atoms with Crippen molar-refractivity contribution in [3.8, 4) is 0 Å². The first-order valence-corrected chi connectivity index (χ1v) is 5.36. The average molecular weight is 234 g/mol. The number of nitrogens with one attached hydrogen (secondary N) is 2. The van der Waals surface area contributed by atoms with Gasteiger partial charge in [0.15, 0.2) is 0 Å². The van der Waals surface area contributed by atoms with Crippen LogP contribution in [0.3, 0.4) is 0 Å². The van der Waals surface area contributed by atoms with Crippen LogP contribution in [0.1, 0.15) is 29.2 Å². The minimum Gasteiger partial charge on any atom is -0.342 e. The van der Waals surface area contributed by atoms with Crippen LogP contribution in [0.2, 0.25) is 0 Å². The maximum absolute atomic E-state index is 11.7. The van der Waals surface area contributed by atoms with E-state index in [-0.39, 0.29) is 11.7 Å². The van der Waals surface area contributed by atoms with Crippen molar-refractivity contribution < 1.29 is 4.79 Å². The number of imidazole rings is 1. The summed E-state index contributed by atoms with van der Waals surface area (Å²) in [5, 5.41) is 9.24. The van der Waals surface area contributed by atoms with Gasteiger partial charge in [-0.2, -0.15) is 0 Å². The predicted molar refractivity (Wildman–Crippen MR) is 60.1 cm³/mol. The van der Waals surface area contributed by atoms with Crippen molar-refractivity contribution >= 4 is 5.91 Å². The number of carbonyl (C=O) groups is 1. The van der Waals surface area contributed by atoms with Crippen LogP contribution in [0.4, 0.5) is 0 Å². The summed E-state index contributed by atoms with van der Waals surface area (Å²) >= 11 is 0. The Labute approximate surface area is 98.3 Å². The average Bonchev–Trinajstić information content (AvgIpc) is 2.94. The second kappa shape index (κ2) is 4.77. The van der Waals surface area contributed by atoms with E-state index in [0.29, 0.717) is 12.4 Å². The third-order valence-electron chi connectivity index (χ3n) is 2.40. The molecule has 7 nitrogen and oxygen atoms in total. The number of rotatable bonds is 4. The SMILES string of the molecule is CCc1nc(C(=O)NCc2nccn2C)n[nH]1.